The maximum atomic E-state index is 5.69. The van der Waals surface area contributed by atoms with Gasteiger partial charge in [-0.3, -0.25) is 4.84 Å². The van der Waals surface area contributed by atoms with Crippen LogP contribution in [0.4, 0.5) is 0 Å². The van der Waals surface area contributed by atoms with E-state index in [-0.39, 0.29) is 6.04 Å². The molecule has 0 aliphatic heterocycles. The highest BCUT2D eigenvalue weighted by Gasteiger charge is 2.12. The number of rotatable bonds is 7. The van der Waals surface area contributed by atoms with E-state index < -0.39 is 0 Å². The lowest BCUT2D eigenvalue weighted by atomic mass is 9.98. The molecule has 0 aliphatic carbocycles. The van der Waals surface area contributed by atoms with E-state index in [0.717, 1.165) is 6.42 Å². The zero-order valence-corrected chi connectivity index (χ0v) is 12.3. The van der Waals surface area contributed by atoms with E-state index in [0.29, 0.717) is 12.5 Å². The van der Waals surface area contributed by atoms with Crippen molar-refractivity contribution >= 4 is 0 Å². The van der Waals surface area contributed by atoms with Gasteiger partial charge in [0, 0.05) is 0 Å². The standard InChI is InChI=1S/C18H23NO/c1-15(2)13-18(17-11-7-4-8-12-17)19-20-14-16-9-5-3-6-10-16/h3-12,15,18-19H,13-14H2,1-2H3. The molecule has 1 atom stereocenters. The number of hydroxylamine groups is 1. The lowest BCUT2D eigenvalue weighted by Gasteiger charge is -2.20. The van der Waals surface area contributed by atoms with Gasteiger partial charge in [-0.25, -0.2) is 0 Å². The van der Waals surface area contributed by atoms with Crippen LogP contribution in [0.3, 0.4) is 0 Å². The first-order chi connectivity index (χ1) is 9.75. The molecule has 0 saturated heterocycles. The second kappa shape index (κ2) is 7.83. The monoisotopic (exact) mass is 269 g/mol. The minimum absolute atomic E-state index is 0.236. The fourth-order valence-corrected chi connectivity index (χ4v) is 2.21. The first-order valence-corrected chi connectivity index (χ1v) is 7.22. The third-order valence-electron chi connectivity index (χ3n) is 3.22. The molecule has 1 N–H and O–H groups in total. The molecule has 2 heteroatoms. The Bertz CT molecular complexity index is 481. The van der Waals surface area contributed by atoms with Gasteiger partial charge in [0.25, 0.3) is 0 Å². The summed E-state index contributed by atoms with van der Waals surface area (Å²) < 4.78 is 0. The fraction of sp³-hybridized carbons (Fsp3) is 0.333. The first-order valence-electron chi connectivity index (χ1n) is 7.22. The van der Waals surface area contributed by atoms with Gasteiger partial charge in [0.1, 0.15) is 0 Å². The van der Waals surface area contributed by atoms with Gasteiger partial charge in [0.2, 0.25) is 0 Å². The van der Waals surface area contributed by atoms with E-state index in [4.69, 9.17) is 4.84 Å². The summed E-state index contributed by atoms with van der Waals surface area (Å²) in [6.45, 7) is 5.05. The molecule has 20 heavy (non-hydrogen) atoms. The molecule has 0 spiro atoms. The van der Waals surface area contributed by atoms with Crippen molar-refractivity contribution < 1.29 is 4.84 Å². The first kappa shape index (κ1) is 14.8. The Morgan fingerprint density at radius 3 is 2.10 bits per heavy atom. The van der Waals surface area contributed by atoms with Gasteiger partial charge in [0.15, 0.2) is 0 Å². The Balaban J connectivity index is 1.91. The van der Waals surface area contributed by atoms with Crippen molar-refractivity contribution in [1.82, 2.24) is 5.48 Å². The Morgan fingerprint density at radius 2 is 1.50 bits per heavy atom. The van der Waals surface area contributed by atoms with E-state index in [2.05, 4.69) is 55.7 Å². The van der Waals surface area contributed by atoms with Crippen LogP contribution in [0.15, 0.2) is 60.7 Å². The van der Waals surface area contributed by atoms with Crippen LogP contribution in [0.1, 0.15) is 37.4 Å². The maximum absolute atomic E-state index is 5.69. The van der Waals surface area contributed by atoms with Gasteiger partial charge in [-0.15, -0.1) is 0 Å². The SMILES string of the molecule is CC(C)CC(NOCc1ccccc1)c1ccccc1. The van der Waals surface area contributed by atoms with Gasteiger partial charge in [0.05, 0.1) is 12.6 Å². The molecular weight excluding hydrogens is 246 g/mol. The van der Waals surface area contributed by atoms with E-state index in [1.54, 1.807) is 0 Å². The van der Waals surface area contributed by atoms with Gasteiger partial charge < -0.3 is 0 Å². The summed E-state index contributed by atoms with van der Waals surface area (Å²) in [4.78, 5) is 5.69. The van der Waals surface area contributed by atoms with Gasteiger partial charge >= 0.3 is 0 Å². The smallest absolute Gasteiger partial charge is 0.0933 e. The molecule has 2 rings (SSSR count). The van der Waals surface area contributed by atoms with Crippen molar-refractivity contribution in [2.45, 2.75) is 32.9 Å². The molecule has 0 amide bonds. The van der Waals surface area contributed by atoms with Gasteiger partial charge in [-0.1, -0.05) is 74.5 Å². The molecule has 106 valence electrons. The molecule has 2 aromatic carbocycles. The van der Waals surface area contributed by atoms with Crippen molar-refractivity contribution in [2.24, 2.45) is 5.92 Å². The van der Waals surface area contributed by atoms with Crippen molar-refractivity contribution in [2.75, 3.05) is 0 Å². The molecule has 0 radical (unpaired) electrons. The van der Waals surface area contributed by atoms with E-state index in [1.807, 2.05) is 24.3 Å². The lowest BCUT2D eigenvalue weighted by Crippen LogP contribution is -2.23. The normalized spacial score (nSPS) is 12.6. The molecule has 1 unspecified atom stereocenters. The molecule has 0 saturated carbocycles. The fourth-order valence-electron chi connectivity index (χ4n) is 2.21. The molecule has 0 bridgehead atoms. The molecule has 0 heterocycles. The van der Waals surface area contributed by atoms with Crippen LogP contribution in [0.25, 0.3) is 0 Å². The van der Waals surface area contributed by atoms with Crippen molar-refractivity contribution in [3.63, 3.8) is 0 Å². The second-order valence-corrected chi connectivity index (χ2v) is 5.48. The minimum Gasteiger partial charge on any atom is -0.296 e. The molecule has 2 aromatic rings. The largest absolute Gasteiger partial charge is 0.296 e. The van der Waals surface area contributed by atoms with E-state index in [1.165, 1.54) is 11.1 Å². The van der Waals surface area contributed by atoms with Crippen LogP contribution >= 0.6 is 0 Å². The van der Waals surface area contributed by atoms with Crippen LogP contribution < -0.4 is 5.48 Å². The molecule has 0 fully saturated rings. The summed E-state index contributed by atoms with van der Waals surface area (Å²) in [5.74, 6) is 0.619. The zero-order chi connectivity index (χ0) is 14.2. The third kappa shape index (κ3) is 4.80. The number of hydrogen-bond donors (Lipinski definition) is 1. The van der Waals surface area contributed by atoms with Gasteiger partial charge in [-0.05, 0) is 23.5 Å². The quantitative estimate of drug-likeness (QED) is 0.747. The maximum Gasteiger partial charge on any atom is 0.0933 e. The number of hydrogen-bond acceptors (Lipinski definition) is 2. The average molecular weight is 269 g/mol. The van der Waals surface area contributed by atoms with Crippen molar-refractivity contribution in [3.8, 4) is 0 Å². The highest BCUT2D eigenvalue weighted by Crippen LogP contribution is 2.21. The summed E-state index contributed by atoms with van der Waals surface area (Å²) in [6.07, 6.45) is 1.05. The molecule has 0 aliphatic rings. The summed E-state index contributed by atoms with van der Waals surface area (Å²) in [5.41, 5.74) is 5.67. The Hall–Kier alpha value is -1.64. The summed E-state index contributed by atoms with van der Waals surface area (Å²) in [5, 5.41) is 0. The molecule has 2 nitrogen and oxygen atoms in total. The Morgan fingerprint density at radius 1 is 0.900 bits per heavy atom. The van der Waals surface area contributed by atoms with Crippen LogP contribution in [0, 0.1) is 5.92 Å². The molecular formula is C18H23NO. The predicted molar refractivity (Wildman–Crippen MR) is 83.0 cm³/mol. The van der Waals surface area contributed by atoms with Crippen molar-refractivity contribution in [1.29, 1.82) is 0 Å². The lowest BCUT2D eigenvalue weighted by molar-refractivity contribution is -0.00167. The third-order valence-corrected chi connectivity index (χ3v) is 3.22. The van der Waals surface area contributed by atoms with Crippen molar-refractivity contribution in [3.05, 3.63) is 71.8 Å². The van der Waals surface area contributed by atoms with Crippen LogP contribution in [-0.4, -0.2) is 0 Å². The Labute approximate surface area is 121 Å². The minimum atomic E-state index is 0.236. The predicted octanol–water partition coefficient (Wildman–Crippen LogP) is 4.50. The molecule has 0 aromatic heterocycles. The second-order valence-electron chi connectivity index (χ2n) is 5.48. The topological polar surface area (TPSA) is 21.3 Å². The van der Waals surface area contributed by atoms with Crippen LogP contribution in [0.2, 0.25) is 0 Å². The van der Waals surface area contributed by atoms with Crippen LogP contribution in [-0.2, 0) is 11.4 Å². The summed E-state index contributed by atoms with van der Waals surface area (Å²) >= 11 is 0. The van der Waals surface area contributed by atoms with E-state index >= 15 is 0 Å². The number of benzene rings is 2. The highest BCUT2D eigenvalue weighted by atomic mass is 16.6. The van der Waals surface area contributed by atoms with E-state index in [9.17, 15) is 0 Å². The average Bonchev–Trinajstić information content (AvgIpc) is 2.48. The highest BCUT2D eigenvalue weighted by molar-refractivity contribution is 5.18. The summed E-state index contributed by atoms with van der Waals surface area (Å²) in [7, 11) is 0. The summed E-state index contributed by atoms with van der Waals surface area (Å²) in [6, 6.07) is 20.9. The van der Waals surface area contributed by atoms with Crippen LogP contribution in [0.5, 0.6) is 0 Å². The van der Waals surface area contributed by atoms with Gasteiger partial charge in [-0.2, -0.15) is 5.48 Å². The number of nitrogens with one attached hydrogen (secondary N) is 1. The zero-order valence-electron chi connectivity index (χ0n) is 12.3. The Kier molecular flexibility index (Phi) is 5.78.